The van der Waals surface area contributed by atoms with Crippen LogP contribution in [0.25, 0.3) is 0 Å². The number of rotatable bonds is 4. The lowest BCUT2D eigenvalue weighted by Crippen LogP contribution is -2.38. The highest BCUT2D eigenvalue weighted by atomic mass is 32.1. The number of carbonyl (C=O) groups excluding carboxylic acids is 1. The molecular weight excluding hydrogens is 310 g/mol. The zero-order valence-electron chi connectivity index (χ0n) is 14.0. The van der Waals surface area contributed by atoms with Crippen molar-refractivity contribution < 1.29 is 9.32 Å². The molecule has 0 N–H and O–H groups in total. The third kappa shape index (κ3) is 3.47. The van der Waals surface area contributed by atoms with Crippen molar-refractivity contribution in [1.29, 1.82) is 0 Å². The summed E-state index contributed by atoms with van der Waals surface area (Å²) in [6.07, 6.45) is 4.12. The minimum absolute atomic E-state index is 0.140. The summed E-state index contributed by atoms with van der Waals surface area (Å²) in [5.74, 6) is 1.61. The second-order valence-corrected chi connectivity index (χ2v) is 7.47. The van der Waals surface area contributed by atoms with Crippen molar-refractivity contribution in [2.75, 3.05) is 13.1 Å². The van der Waals surface area contributed by atoms with Gasteiger partial charge >= 0.3 is 0 Å². The average molecular weight is 333 g/mol. The molecule has 1 saturated heterocycles. The summed E-state index contributed by atoms with van der Waals surface area (Å²) < 4.78 is 5.30. The van der Waals surface area contributed by atoms with E-state index in [2.05, 4.69) is 30.1 Å². The van der Waals surface area contributed by atoms with E-state index in [1.165, 1.54) is 10.4 Å². The predicted octanol–water partition coefficient (Wildman–Crippen LogP) is 3.72. The molecule has 1 amide bonds. The number of thiophene rings is 1. The maximum atomic E-state index is 12.8. The third-order valence-electron chi connectivity index (χ3n) is 4.35. The van der Waals surface area contributed by atoms with E-state index in [1.54, 1.807) is 11.3 Å². The molecule has 1 aliphatic rings. The second kappa shape index (κ2) is 6.83. The number of piperidine rings is 1. The first-order valence-electron chi connectivity index (χ1n) is 8.27. The standard InChI is InChI=1S/C17H23N3O2S/c1-4-6-13-9-15(23-11(13)2)17(21)20-8-5-7-14(10-20)16-18-12(3)19-22-16/h9,14H,4-8,10H2,1-3H3. The quantitative estimate of drug-likeness (QED) is 0.855. The zero-order valence-corrected chi connectivity index (χ0v) is 14.8. The van der Waals surface area contributed by atoms with Crippen LogP contribution in [0.5, 0.6) is 0 Å². The molecule has 1 aliphatic heterocycles. The van der Waals surface area contributed by atoms with Crippen LogP contribution in [0.4, 0.5) is 0 Å². The molecule has 23 heavy (non-hydrogen) atoms. The number of amides is 1. The van der Waals surface area contributed by atoms with Gasteiger partial charge in [0.15, 0.2) is 5.82 Å². The highest BCUT2D eigenvalue weighted by Crippen LogP contribution is 2.29. The monoisotopic (exact) mass is 333 g/mol. The van der Waals surface area contributed by atoms with E-state index < -0.39 is 0 Å². The number of likely N-dealkylation sites (tertiary alicyclic amines) is 1. The molecule has 1 unspecified atom stereocenters. The molecule has 0 aliphatic carbocycles. The Morgan fingerprint density at radius 3 is 3.00 bits per heavy atom. The number of hydrogen-bond acceptors (Lipinski definition) is 5. The molecule has 0 bridgehead atoms. The van der Waals surface area contributed by atoms with Crippen molar-refractivity contribution in [1.82, 2.24) is 15.0 Å². The Kier molecular flexibility index (Phi) is 4.80. The molecule has 0 aromatic carbocycles. The summed E-state index contributed by atoms with van der Waals surface area (Å²) >= 11 is 1.61. The molecule has 2 aromatic heterocycles. The first-order valence-corrected chi connectivity index (χ1v) is 9.09. The molecule has 3 rings (SSSR count). The van der Waals surface area contributed by atoms with E-state index >= 15 is 0 Å². The van der Waals surface area contributed by atoms with Gasteiger partial charge in [0.05, 0.1) is 10.8 Å². The SMILES string of the molecule is CCCc1cc(C(=O)N2CCCC(c3nc(C)no3)C2)sc1C. The van der Waals surface area contributed by atoms with E-state index in [0.717, 1.165) is 37.1 Å². The van der Waals surface area contributed by atoms with Gasteiger partial charge in [0, 0.05) is 18.0 Å². The Balaban J connectivity index is 1.73. The summed E-state index contributed by atoms with van der Waals surface area (Å²) in [4.78, 5) is 21.2. The van der Waals surface area contributed by atoms with Crippen molar-refractivity contribution in [3.8, 4) is 0 Å². The summed E-state index contributed by atoms with van der Waals surface area (Å²) in [6, 6.07) is 2.08. The fraction of sp³-hybridized carbons (Fsp3) is 0.588. The van der Waals surface area contributed by atoms with Gasteiger partial charge in [-0.25, -0.2) is 0 Å². The Morgan fingerprint density at radius 1 is 1.48 bits per heavy atom. The summed E-state index contributed by atoms with van der Waals surface area (Å²) in [7, 11) is 0. The summed E-state index contributed by atoms with van der Waals surface area (Å²) in [5, 5.41) is 3.87. The van der Waals surface area contributed by atoms with Crippen molar-refractivity contribution in [3.63, 3.8) is 0 Å². The molecule has 0 radical (unpaired) electrons. The minimum Gasteiger partial charge on any atom is -0.339 e. The molecule has 1 fully saturated rings. The fourth-order valence-electron chi connectivity index (χ4n) is 3.14. The smallest absolute Gasteiger partial charge is 0.263 e. The Labute approximate surface area is 140 Å². The van der Waals surface area contributed by atoms with Crippen LogP contribution in [-0.2, 0) is 6.42 Å². The van der Waals surface area contributed by atoms with Crippen LogP contribution in [0.3, 0.4) is 0 Å². The topological polar surface area (TPSA) is 59.2 Å². The molecule has 6 heteroatoms. The van der Waals surface area contributed by atoms with Gasteiger partial charge in [-0.15, -0.1) is 11.3 Å². The molecular formula is C17H23N3O2S. The van der Waals surface area contributed by atoms with Crippen molar-refractivity contribution in [2.45, 2.75) is 52.4 Å². The van der Waals surface area contributed by atoms with Gasteiger partial charge in [-0.2, -0.15) is 4.98 Å². The third-order valence-corrected chi connectivity index (χ3v) is 5.43. The lowest BCUT2D eigenvalue weighted by atomic mass is 9.98. The number of aromatic nitrogens is 2. The fourth-order valence-corrected chi connectivity index (χ4v) is 4.18. The largest absolute Gasteiger partial charge is 0.339 e. The highest BCUT2D eigenvalue weighted by molar-refractivity contribution is 7.14. The van der Waals surface area contributed by atoms with Crippen molar-refractivity contribution in [3.05, 3.63) is 33.1 Å². The van der Waals surface area contributed by atoms with E-state index in [0.29, 0.717) is 18.3 Å². The van der Waals surface area contributed by atoms with Gasteiger partial charge in [-0.05, 0) is 44.7 Å². The van der Waals surface area contributed by atoms with Crippen LogP contribution in [0, 0.1) is 13.8 Å². The van der Waals surface area contributed by atoms with Gasteiger partial charge in [0.25, 0.3) is 5.91 Å². The Hall–Kier alpha value is -1.69. The molecule has 2 aromatic rings. The van der Waals surface area contributed by atoms with Gasteiger partial charge in [-0.3, -0.25) is 4.79 Å². The molecule has 0 spiro atoms. The Morgan fingerprint density at radius 2 is 2.30 bits per heavy atom. The molecule has 0 saturated carbocycles. The maximum absolute atomic E-state index is 12.8. The van der Waals surface area contributed by atoms with Crippen molar-refractivity contribution >= 4 is 17.2 Å². The van der Waals surface area contributed by atoms with Crippen LogP contribution in [0.15, 0.2) is 10.6 Å². The number of carbonyl (C=O) groups is 1. The van der Waals surface area contributed by atoms with E-state index in [4.69, 9.17) is 4.52 Å². The molecule has 124 valence electrons. The molecule has 3 heterocycles. The van der Waals surface area contributed by atoms with Crippen LogP contribution in [0.1, 0.15) is 63.9 Å². The number of nitrogens with zero attached hydrogens (tertiary/aromatic N) is 3. The second-order valence-electron chi connectivity index (χ2n) is 6.21. The van der Waals surface area contributed by atoms with Crippen LogP contribution in [-0.4, -0.2) is 34.0 Å². The Bertz CT molecular complexity index is 692. The lowest BCUT2D eigenvalue weighted by Gasteiger charge is -2.30. The number of hydrogen-bond donors (Lipinski definition) is 0. The van der Waals surface area contributed by atoms with Crippen LogP contribution in [0.2, 0.25) is 0 Å². The van der Waals surface area contributed by atoms with E-state index in [-0.39, 0.29) is 11.8 Å². The average Bonchev–Trinajstić information content (AvgIpc) is 3.14. The van der Waals surface area contributed by atoms with E-state index in [1.807, 2.05) is 11.8 Å². The lowest BCUT2D eigenvalue weighted by molar-refractivity contribution is 0.0700. The van der Waals surface area contributed by atoms with E-state index in [9.17, 15) is 4.79 Å². The predicted molar refractivity (Wildman–Crippen MR) is 90.0 cm³/mol. The first-order chi connectivity index (χ1) is 11.1. The summed E-state index contributed by atoms with van der Waals surface area (Å²) in [6.45, 7) is 7.57. The summed E-state index contributed by atoms with van der Waals surface area (Å²) in [5.41, 5.74) is 1.31. The zero-order chi connectivity index (χ0) is 16.4. The minimum atomic E-state index is 0.140. The van der Waals surface area contributed by atoms with Gasteiger partial charge in [0.2, 0.25) is 5.89 Å². The normalized spacial score (nSPS) is 18.4. The van der Waals surface area contributed by atoms with Crippen molar-refractivity contribution in [2.24, 2.45) is 0 Å². The first kappa shape index (κ1) is 16.2. The maximum Gasteiger partial charge on any atom is 0.263 e. The van der Waals surface area contributed by atoms with Gasteiger partial charge < -0.3 is 9.42 Å². The number of aryl methyl sites for hydroxylation is 3. The van der Waals surface area contributed by atoms with Gasteiger partial charge in [0.1, 0.15) is 0 Å². The molecule has 1 atom stereocenters. The highest BCUT2D eigenvalue weighted by Gasteiger charge is 2.29. The van der Waals surface area contributed by atoms with Crippen LogP contribution < -0.4 is 0 Å². The van der Waals surface area contributed by atoms with Crippen LogP contribution >= 0.6 is 11.3 Å². The van der Waals surface area contributed by atoms with Gasteiger partial charge in [-0.1, -0.05) is 18.5 Å². The molecule has 5 nitrogen and oxygen atoms in total.